The topological polar surface area (TPSA) is 109 Å². The summed E-state index contributed by atoms with van der Waals surface area (Å²) < 4.78 is 20.7. The van der Waals surface area contributed by atoms with Gasteiger partial charge in [0.05, 0.1) is 31.1 Å². The number of aromatic hydroxyl groups is 1. The number of nitrogens with one attached hydrogen (secondary N) is 1. The molecule has 0 radical (unpaired) electrons. The van der Waals surface area contributed by atoms with Gasteiger partial charge in [0, 0.05) is 29.3 Å². The number of phenols is 1. The van der Waals surface area contributed by atoms with Gasteiger partial charge in [-0.3, -0.25) is 0 Å². The van der Waals surface area contributed by atoms with E-state index in [0.717, 1.165) is 49.7 Å². The molecule has 2 N–H and O–H groups in total. The summed E-state index contributed by atoms with van der Waals surface area (Å²) in [4.78, 5) is 6.65. The summed E-state index contributed by atoms with van der Waals surface area (Å²) in [5.41, 5.74) is 1.94. The van der Waals surface area contributed by atoms with Crippen molar-refractivity contribution >= 4 is 5.82 Å². The van der Waals surface area contributed by atoms with E-state index >= 15 is 4.39 Å². The van der Waals surface area contributed by atoms with Crippen molar-refractivity contribution in [1.29, 1.82) is 0 Å². The molecular weight excluding hydrogens is 461 g/mol. The zero-order valence-corrected chi connectivity index (χ0v) is 20.4. The van der Waals surface area contributed by atoms with E-state index in [0.29, 0.717) is 23.1 Å². The molecule has 4 heterocycles. The normalized spacial score (nSPS) is 27.5. The Balaban J connectivity index is 1.26. The highest BCUT2D eigenvalue weighted by molar-refractivity contribution is 5.72. The predicted octanol–water partition coefficient (Wildman–Crippen LogP) is 3.69. The Kier molecular flexibility index (Phi) is 5.70. The van der Waals surface area contributed by atoms with Crippen LogP contribution in [0.1, 0.15) is 45.4 Å². The minimum Gasteiger partial charge on any atom is -0.507 e. The van der Waals surface area contributed by atoms with E-state index < -0.39 is 6.17 Å². The lowest BCUT2D eigenvalue weighted by Gasteiger charge is -2.52. The monoisotopic (exact) mass is 491 g/mol. The SMILES string of the molecule is COc1cc(-c2ccc(-c3ncc(N(C4CC4)[C@H]4C[C@]5(C)CCC[C@H](N5)[C@H]4F)nn3)c(O)c2)cnn1. The third kappa shape index (κ3) is 4.23. The molecule has 3 aromatic rings. The van der Waals surface area contributed by atoms with Crippen LogP contribution in [0.2, 0.25) is 0 Å². The Morgan fingerprint density at radius 3 is 2.69 bits per heavy atom. The molecule has 1 aliphatic carbocycles. The quantitative estimate of drug-likeness (QED) is 0.533. The van der Waals surface area contributed by atoms with Crippen LogP contribution in [0.4, 0.5) is 10.2 Å². The van der Waals surface area contributed by atoms with Gasteiger partial charge >= 0.3 is 0 Å². The minimum absolute atomic E-state index is 0.0276. The molecule has 0 amide bonds. The fourth-order valence-electron chi connectivity index (χ4n) is 5.79. The van der Waals surface area contributed by atoms with E-state index in [9.17, 15) is 5.11 Å². The number of rotatable bonds is 6. The van der Waals surface area contributed by atoms with Crippen molar-refractivity contribution in [3.8, 4) is 34.1 Å². The smallest absolute Gasteiger partial charge is 0.233 e. The number of halogens is 1. The maximum Gasteiger partial charge on any atom is 0.233 e. The number of anilines is 1. The molecule has 6 rings (SSSR count). The number of methoxy groups -OCH3 is 1. The van der Waals surface area contributed by atoms with Gasteiger partial charge in [-0.1, -0.05) is 6.07 Å². The average molecular weight is 492 g/mol. The number of alkyl halides is 1. The van der Waals surface area contributed by atoms with Crippen LogP contribution in [0.3, 0.4) is 0 Å². The first kappa shape index (κ1) is 23.0. The van der Waals surface area contributed by atoms with Gasteiger partial charge in [-0.2, -0.15) is 5.10 Å². The molecule has 10 heteroatoms. The Hall–Kier alpha value is -3.40. The fraction of sp³-hybridized carbons (Fsp3) is 0.500. The van der Waals surface area contributed by atoms with Crippen LogP contribution in [-0.2, 0) is 0 Å². The van der Waals surface area contributed by atoms with Crippen molar-refractivity contribution in [2.45, 2.75) is 75.3 Å². The Morgan fingerprint density at radius 2 is 1.97 bits per heavy atom. The van der Waals surface area contributed by atoms with Crippen molar-refractivity contribution < 1.29 is 14.2 Å². The van der Waals surface area contributed by atoms with Gasteiger partial charge in [0.2, 0.25) is 5.88 Å². The number of phenolic OH excluding ortho intramolecular Hbond substituents is 1. The number of benzene rings is 1. The predicted molar refractivity (Wildman–Crippen MR) is 132 cm³/mol. The lowest BCUT2D eigenvalue weighted by atomic mass is 9.74. The summed E-state index contributed by atoms with van der Waals surface area (Å²) in [6.07, 6.45) is 8.09. The number of piperidine rings is 2. The number of hydrogen-bond donors (Lipinski definition) is 2. The third-order valence-corrected chi connectivity index (χ3v) is 7.71. The summed E-state index contributed by atoms with van der Waals surface area (Å²) >= 11 is 0. The van der Waals surface area contributed by atoms with Gasteiger partial charge in [-0.15, -0.1) is 15.3 Å². The number of ether oxygens (including phenoxy) is 1. The molecule has 188 valence electrons. The molecule has 0 unspecified atom stereocenters. The standard InChI is InChI=1S/C26H30FN7O2/c1-26-9-3-4-19(30-26)24(27)20(12-26)34(17-6-7-17)22-14-28-25(33-31-22)18-8-5-15(10-21(18)35)16-11-23(36-2)32-29-13-16/h5,8,10-11,13-14,17,19-20,24,30,35H,3-4,6-7,9,12H2,1-2H3/t19-,20-,24+,26-/m0/s1. The molecular formula is C26H30FN7O2. The van der Waals surface area contributed by atoms with Gasteiger partial charge in [0.15, 0.2) is 11.6 Å². The summed E-state index contributed by atoms with van der Waals surface area (Å²) in [6.45, 7) is 2.21. The van der Waals surface area contributed by atoms with Gasteiger partial charge < -0.3 is 20.1 Å². The maximum atomic E-state index is 15.6. The highest BCUT2D eigenvalue weighted by Crippen LogP contribution is 2.42. The zero-order chi connectivity index (χ0) is 24.9. The second kappa shape index (κ2) is 8.92. The first-order valence-corrected chi connectivity index (χ1v) is 12.5. The zero-order valence-electron chi connectivity index (χ0n) is 20.4. The van der Waals surface area contributed by atoms with Gasteiger partial charge in [0.1, 0.15) is 11.9 Å². The highest BCUT2D eigenvalue weighted by atomic mass is 19.1. The van der Waals surface area contributed by atoms with Gasteiger partial charge in [0.25, 0.3) is 0 Å². The largest absolute Gasteiger partial charge is 0.507 e. The second-order valence-corrected chi connectivity index (χ2v) is 10.4. The van der Waals surface area contributed by atoms with E-state index in [2.05, 4.69) is 42.5 Å². The molecule has 2 bridgehead atoms. The number of hydrogen-bond acceptors (Lipinski definition) is 9. The lowest BCUT2D eigenvalue weighted by molar-refractivity contribution is 0.0584. The Labute approximate surface area is 209 Å². The number of aromatic nitrogens is 5. The van der Waals surface area contributed by atoms with Crippen molar-refractivity contribution in [2.75, 3.05) is 12.0 Å². The summed E-state index contributed by atoms with van der Waals surface area (Å²) in [5.74, 6) is 1.33. The molecule has 2 saturated heterocycles. The molecule has 9 nitrogen and oxygen atoms in total. The molecule has 3 aliphatic rings. The van der Waals surface area contributed by atoms with E-state index in [1.54, 1.807) is 30.6 Å². The number of nitrogens with zero attached hydrogens (tertiary/aromatic N) is 6. The second-order valence-electron chi connectivity index (χ2n) is 10.4. The molecule has 4 atom stereocenters. The number of fused-ring (bicyclic) bond motifs is 2. The molecule has 36 heavy (non-hydrogen) atoms. The van der Waals surface area contributed by atoms with Crippen molar-refractivity contribution in [1.82, 2.24) is 30.7 Å². The third-order valence-electron chi connectivity index (χ3n) is 7.71. The first-order chi connectivity index (χ1) is 17.4. The van der Waals surface area contributed by atoms with Crippen molar-refractivity contribution in [3.63, 3.8) is 0 Å². The average Bonchev–Trinajstić information content (AvgIpc) is 3.73. The molecule has 1 aromatic carbocycles. The Morgan fingerprint density at radius 1 is 1.11 bits per heavy atom. The molecule has 2 aliphatic heterocycles. The highest BCUT2D eigenvalue weighted by Gasteiger charge is 2.50. The van der Waals surface area contributed by atoms with E-state index in [4.69, 9.17) is 4.74 Å². The maximum absolute atomic E-state index is 15.6. The van der Waals surface area contributed by atoms with Crippen LogP contribution in [0.5, 0.6) is 11.6 Å². The van der Waals surface area contributed by atoms with Gasteiger partial charge in [-0.05, 0) is 63.1 Å². The molecule has 1 saturated carbocycles. The molecule has 3 fully saturated rings. The fourth-order valence-corrected chi connectivity index (χ4v) is 5.79. The van der Waals surface area contributed by atoms with Crippen LogP contribution in [0.15, 0.2) is 36.7 Å². The van der Waals surface area contributed by atoms with Crippen LogP contribution in [0.25, 0.3) is 22.5 Å². The van der Waals surface area contributed by atoms with Crippen molar-refractivity contribution in [3.05, 3.63) is 36.7 Å². The van der Waals surface area contributed by atoms with Crippen LogP contribution >= 0.6 is 0 Å². The minimum atomic E-state index is -0.960. The Bertz CT molecular complexity index is 1260. The van der Waals surface area contributed by atoms with Crippen LogP contribution in [-0.4, -0.2) is 67.4 Å². The molecule has 0 spiro atoms. The van der Waals surface area contributed by atoms with E-state index in [1.165, 1.54) is 7.11 Å². The first-order valence-electron chi connectivity index (χ1n) is 12.5. The summed E-state index contributed by atoms with van der Waals surface area (Å²) in [7, 11) is 1.53. The van der Waals surface area contributed by atoms with E-state index in [-0.39, 0.29) is 29.4 Å². The van der Waals surface area contributed by atoms with Gasteiger partial charge in [-0.25, -0.2) is 9.37 Å². The lowest BCUT2D eigenvalue weighted by Crippen LogP contribution is -2.67. The molecule has 2 aromatic heterocycles. The summed E-state index contributed by atoms with van der Waals surface area (Å²) in [5, 5.41) is 30.9. The van der Waals surface area contributed by atoms with Crippen LogP contribution in [0, 0.1) is 0 Å². The van der Waals surface area contributed by atoms with E-state index in [1.807, 2.05) is 6.07 Å². The summed E-state index contributed by atoms with van der Waals surface area (Å²) in [6, 6.07) is 6.89. The van der Waals surface area contributed by atoms with Crippen LogP contribution < -0.4 is 15.0 Å². The van der Waals surface area contributed by atoms with Crippen molar-refractivity contribution in [2.24, 2.45) is 0 Å².